The zero-order valence-corrected chi connectivity index (χ0v) is 15.0. The minimum Gasteiger partial charge on any atom is -0.368 e. The van der Waals surface area contributed by atoms with E-state index in [2.05, 4.69) is 25.7 Å². The topological polar surface area (TPSA) is 84.7 Å². The van der Waals surface area contributed by atoms with Crippen LogP contribution >= 0.6 is 0 Å². The third-order valence-corrected chi connectivity index (χ3v) is 4.58. The van der Waals surface area contributed by atoms with Gasteiger partial charge in [0, 0.05) is 31.3 Å². The summed E-state index contributed by atoms with van der Waals surface area (Å²) in [5.41, 5.74) is 1.98. The molecule has 0 saturated heterocycles. The van der Waals surface area contributed by atoms with Crippen LogP contribution in [-0.2, 0) is 4.79 Å². The maximum Gasteiger partial charge on any atom is 0.220 e. The van der Waals surface area contributed by atoms with Crippen molar-refractivity contribution in [3.05, 3.63) is 29.8 Å². The van der Waals surface area contributed by atoms with E-state index in [0.29, 0.717) is 25.4 Å². The molecule has 1 saturated carbocycles. The maximum absolute atomic E-state index is 11.9. The van der Waals surface area contributed by atoms with E-state index >= 15 is 0 Å². The minimum absolute atomic E-state index is 0.153. The Kier molecular flexibility index (Phi) is 5.63. The lowest BCUT2D eigenvalue weighted by Crippen LogP contribution is -2.30. The molecular weight excluding hydrogens is 316 g/mol. The molecule has 3 rings (SSSR count). The smallest absolute Gasteiger partial charge is 0.220 e. The van der Waals surface area contributed by atoms with Crippen molar-refractivity contribution in [3.8, 4) is 5.82 Å². The predicted molar refractivity (Wildman–Crippen MR) is 96.7 cm³/mol. The van der Waals surface area contributed by atoms with Crippen LogP contribution in [-0.4, -0.2) is 38.7 Å². The second kappa shape index (κ2) is 8.09. The molecule has 0 unspecified atom stereocenters. The molecule has 0 spiro atoms. The summed E-state index contributed by atoms with van der Waals surface area (Å²) in [6.45, 7) is 5.17. The third kappa shape index (κ3) is 4.78. The number of nitrogens with zero attached hydrogens (tertiary/aromatic N) is 4. The first-order chi connectivity index (χ1) is 12.1. The number of amides is 1. The second-order valence-electron chi connectivity index (χ2n) is 6.73. The van der Waals surface area contributed by atoms with Crippen LogP contribution in [0.2, 0.25) is 0 Å². The van der Waals surface area contributed by atoms with Gasteiger partial charge in [-0.05, 0) is 38.7 Å². The number of aromatic nitrogens is 4. The van der Waals surface area contributed by atoms with Gasteiger partial charge < -0.3 is 10.6 Å². The Balaban J connectivity index is 1.46. The van der Waals surface area contributed by atoms with E-state index in [4.69, 9.17) is 0 Å². The summed E-state index contributed by atoms with van der Waals surface area (Å²) in [6, 6.07) is 3.87. The summed E-state index contributed by atoms with van der Waals surface area (Å²) < 4.78 is 1.80. The van der Waals surface area contributed by atoms with Crippen molar-refractivity contribution in [2.45, 2.75) is 46.0 Å². The molecule has 2 N–H and O–H groups in total. The molecule has 7 heteroatoms. The first-order valence-electron chi connectivity index (χ1n) is 8.98. The fraction of sp³-hybridized carbons (Fsp3) is 0.556. The second-order valence-corrected chi connectivity index (χ2v) is 6.73. The molecule has 0 atom stereocenters. The van der Waals surface area contributed by atoms with Crippen LogP contribution in [0.5, 0.6) is 0 Å². The molecular formula is C18H26N6O. The molecule has 1 amide bonds. The summed E-state index contributed by atoms with van der Waals surface area (Å²) >= 11 is 0. The summed E-state index contributed by atoms with van der Waals surface area (Å²) in [7, 11) is 0. The highest BCUT2D eigenvalue weighted by Crippen LogP contribution is 2.27. The first kappa shape index (κ1) is 17.4. The van der Waals surface area contributed by atoms with E-state index in [-0.39, 0.29) is 5.91 Å². The van der Waals surface area contributed by atoms with Gasteiger partial charge in [0.15, 0.2) is 5.82 Å². The summed E-state index contributed by atoms with van der Waals surface area (Å²) in [6.07, 6.45) is 7.11. The molecule has 134 valence electrons. The van der Waals surface area contributed by atoms with Gasteiger partial charge in [-0.25, -0.2) is 14.6 Å². The number of aryl methyl sites for hydroxylation is 2. The van der Waals surface area contributed by atoms with Gasteiger partial charge in [0.05, 0.1) is 5.69 Å². The first-order valence-corrected chi connectivity index (χ1v) is 8.98. The SMILES string of the molecule is Cc1cc(C)n(-c2cc(NCCNC(=O)CC3CCCC3)ncn2)n1. The van der Waals surface area contributed by atoms with E-state index in [1.807, 2.05) is 26.0 Å². The number of nitrogens with one attached hydrogen (secondary N) is 2. The largest absolute Gasteiger partial charge is 0.368 e. The lowest BCUT2D eigenvalue weighted by atomic mass is 10.0. The summed E-state index contributed by atoms with van der Waals surface area (Å²) in [5.74, 6) is 2.19. The number of rotatable bonds is 7. The van der Waals surface area contributed by atoms with Gasteiger partial charge in [-0.2, -0.15) is 5.10 Å². The number of hydrogen-bond donors (Lipinski definition) is 2. The van der Waals surface area contributed by atoms with Gasteiger partial charge in [0.2, 0.25) is 5.91 Å². The van der Waals surface area contributed by atoms with Crippen molar-refractivity contribution in [3.63, 3.8) is 0 Å². The van der Waals surface area contributed by atoms with Crippen LogP contribution < -0.4 is 10.6 Å². The summed E-state index contributed by atoms with van der Waals surface area (Å²) in [4.78, 5) is 20.4. The van der Waals surface area contributed by atoms with Crippen LogP contribution in [0.1, 0.15) is 43.5 Å². The zero-order valence-electron chi connectivity index (χ0n) is 15.0. The molecule has 2 aromatic heterocycles. The molecule has 0 aliphatic heterocycles. The van der Waals surface area contributed by atoms with Gasteiger partial charge >= 0.3 is 0 Å². The quantitative estimate of drug-likeness (QED) is 0.755. The fourth-order valence-electron chi connectivity index (χ4n) is 3.36. The van der Waals surface area contributed by atoms with Crippen molar-refractivity contribution >= 4 is 11.7 Å². The normalized spacial score (nSPS) is 14.6. The third-order valence-electron chi connectivity index (χ3n) is 4.58. The Morgan fingerprint density at radius 2 is 2.00 bits per heavy atom. The average molecular weight is 342 g/mol. The van der Waals surface area contributed by atoms with Crippen molar-refractivity contribution in [1.82, 2.24) is 25.1 Å². The Bertz CT molecular complexity index is 720. The van der Waals surface area contributed by atoms with Gasteiger partial charge in [-0.3, -0.25) is 4.79 Å². The lowest BCUT2D eigenvalue weighted by Gasteiger charge is -2.11. The van der Waals surface area contributed by atoms with Crippen molar-refractivity contribution in [2.24, 2.45) is 5.92 Å². The minimum atomic E-state index is 0.153. The van der Waals surface area contributed by atoms with Crippen molar-refractivity contribution in [1.29, 1.82) is 0 Å². The maximum atomic E-state index is 11.9. The van der Waals surface area contributed by atoms with Gasteiger partial charge in [-0.1, -0.05) is 12.8 Å². The molecule has 1 aliphatic rings. The standard InChI is InChI=1S/C18H26N6O/c1-13-9-14(2)24(23-13)17-11-16(21-12-22-17)19-7-8-20-18(25)10-15-5-3-4-6-15/h9,11-12,15H,3-8,10H2,1-2H3,(H,20,25)(H,19,21,22). The number of carbonyl (C=O) groups excluding carboxylic acids is 1. The van der Waals surface area contributed by atoms with Gasteiger partial charge in [0.1, 0.15) is 12.1 Å². The zero-order chi connectivity index (χ0) is 17.6. The highest BCUT2D eigenvalue weighted by molar-refractivity contribution is 5.76. The molecule has 1 fully saturated rings. The molecule has 0 aromatic carbocycles. The molecule has 0 bridgehead atoms. The monoisotopic (exact) mass is 342 g/mol. The van der Waals surface area contributed by atoms with Crippen LogP contribution in [0.25, 0.3) is 5.82 Å². The van der Waals surface area contributed by atoms with E-state index in [1.165, 1.54) is 32.0 Å². The van der Waals surface area contributed by atoms with Crippen molar-refractivity contribution in [2.75, 3.05) is 18.4 Å². The molecule has 0 radical (unpaired) electrons. The number of carbonyl (C=O) groups is 1. The van der Waals surface area contributed by atoms with Crippen LogP contribution in [0.4, 0.5) is 5.82 Å². The fourth-order valence-corrected chi connectivity index (χ4v) is 3.36. The van der Waals surface area contributed by atoms with Gasteiger partial charge in [-0.15, -0.1) is 0 Å². The van der Waals surface area contributed by atoms with E-state index < -0.39 is 0 Å². The Morgan fingerprint density at radius 1 is 1.20 bits per heavy atom. The van der Waals surface area contributed by atoms with Crippen LogP contribution in [0.3, 0.4) is 0 Å². The Morgan fingerprint density at radius 3 is 2.72 bits per heavy atom. The van der Waals surface area contributed by atoms with Crippen molar-refractivity contribution < 1.29 is 4.79 Å². The van der Waals surface area contributed by atoms with E-state index in [9.17, 15) is 4.79 Å². The number of anilines is 1. The lowest BCUT2D eigenvalue weighted by molar-refractivity contribution is -0.121. The summed E-state index contributed by atoms with van der Waals surface area (Å²) in [5, 5.41) is 10.6. The number of hydrogen-bond acceptors (Lipinski definition) is 5. The van der Waals surface area contributed by atoms with E-state index in [1.54, 1.807) is 4.68 Å². The van der Waals surface area contributed by atoms with Gasteiger partial charge in [0.25, 0.3) is 0 Å². The Labute approximate surface area is 148 Å². The van der Waals surface area contributed by atoms with Crippen LogP contribution in [0, 0.1) is 19.8 Å². The highest BCUT2D eigenvalue weighted by atomic mass is 16.1. The van der Waals surface area contributed by atoms with E-state index in [0.717, 1.165) is 23.0 Å². The predicted octanol–water partition coefficient (Wildman–Crippen LogP) is 2.39. The molecule has 2 heterocycles. The van der Waals surface area contributed by atoms with Crippen LogP contribution in [0.15, 0.2) is 18.5 Å². The molecule has 1 aliphatic carbocycles. The molecule has 25 heavy (non-hydrogen) atoms. The molecule has 2 aromatic rings. The Hall–Kier alpha value is -2.44. The molecule has 7 nitrogen and oxygen atoms in total. The average Bonchev–Trinajstić information content (AvgIpc) is 3.21. The highest BCUT2D eigenvalue weighted by Gasteiger charge is 2.17.